The van der Waals surface area contributed by atoms with Gasteiger partial charge in [0, 0.05) is 24.2 Å². The molecule has 1 aromatic rings. The third-order valence-corrected chi connectivity index (χ3v) is 4.16. The van der Waals surface area contributed by atoms with Crippen molar-refractivity contribution in [2.24, 2.45) is 5.92 Å². The molecule has 4 nitrogen and oxygen atoms in total. The Labute approximate surface area is 119 Å². The molecule has 0 aliphatic heterocycles. The van der Waals surface area contributed by atoms with Gasteiger partial charge in [0.05, 0.1) is 6.26 Å². The van der Waals surface area contributed by atoms with Gasteiger partial charge in [-0.1, -0.05) is 23.7 Å². The lowest BCUT2D eigenvalue weighted by atomic mass is 10.0. The van der Waals surface area contributed by atoms with E-state index in [0.717, 1.165) is 5.02 Å². The minimum atomic E-state index is -3.10. The molecule has 1 aliphatic rings. The van der Waals surface area contributed by atoms with E-state index in [2.05, 4.69) is 10.0 Å². The Morgan fingerprint density at radius 1 is 1.26 bits per heavy atom. The predicted molar refractivity (Wildman–Crippen MR) is 77.8 cm³/mol. The van der Waals surface area contributed by atoms with Crippen LogP contribution in [0.1, 0.15) is 24.4 Å². The molecular formula is C13H19ClN2O2S. The first-order valence-electron chi connectivity index (χ1n) is 6.39. The summed E-state index contributed by atoms with van der Waals surface area (Å²) < 4.78 is 24.4. The van der Waals surface area contributed by atoms with Gasteiger partial charge in [0.25, 0.3) is 0 Å². The van der Waals surface area contributed by atoms with Crippen LogP contribution < -0.4 is 10.0 Å². The first-order valence-corrected chi connectivity index (χ1v) is 8.66. The maximum Gasteiger partial charge on any atom is 0.208 e. The number of nitrogens with one attached hydrogen (secondary N) is 2. The highest BCUT2D eigenvalue weighted by atomic mass is 35.5. The summed E-state index contributed by atoms with van der Waals surface area (Å²) in [6.07, 6.45) is 3.62. The van der Waals surface area contributed by atoms with Gasteiger partial charge in [0.15, 0.2) is 0 Å². The molecule has 1 atom stereocenters. The maximum absolute atomic E-state index is 11.0. The van der Waals surface area contributed by atoms with Gasteiger partial charge in [-0.25, -0.2) is 13.1 Å². The molecule has 0 spiro atoms. The molecule has 1 aromatic carbocycles. The van der Waals surface area contributed by atoms with Gasteiger partial charge in [-0.2, -0.15) is 0 Å². The lowest BCUT2D eigenvalue weighted by Gasteiger charge is -2.19. The molecule has 0 amide bonds. The van der Waals surface area contributed by atoms with Crippen molar-refractivity contribution >= 4 is 21.6 Å². The van der Waals surface area contributed by atoms with Crippen molar-refractivity contribution in [2.75, 3.05) is 19.3 Å². The van der Waals surface area contributed by atoms with Crippen molar-refractivity contribution in [3.63, 3.8) is 0 Å². The highest BCUT2D eigenvalue weighted by Crippen LogP contribution is 2.41. The molecule has 0 radical (unpaired) electrons. The van der Waals surface area contributed by atoms with Crippen molar-refractivity contribution in [1.29, 1.82) is 0 Å². The van der Waals surface area contributed by atoms with Crippen molar-refractivity contribution < 1.29 is 8.42 Å². The van der Waals surface area contributed by atoms with Gasteiger partial charge >= 0.3 is 0 Å². The second-order valence-corrected chi connectivity index (χ2v) is 7.26. The van der Waals surface area contributed by atoms with Crippen LogP contribution in [0.15, 0.2) is 24.3 Å². The number of hydrogen-bond acceptors (Lipinski definition) is 3. The van der Waals surface area contributed by atoms with E-state index in [1.165, 1.54) is 24.7 Å². The number of sulfonamides is 1. The summed E-state index contributed by atoms with van der Waals surface area (Å²) in [5, 5.41) is 4.15. The normalized spacial score (nSPS) is 17.4. The molecule has 0 aromatic heterocycles. The molecule has 1 fully saturated rings. The van der Waals surface area contributed by atoms with Crippen LogP contribution in [-0.2, 0) is 10.0 Å². The Kier molecular flexibility index (Phi) is 4.84. The van der Waals surface area contributed by atoms with E-state index in [1.54, 1.807) is 0 Å². The lowest BCUT2D eigenvalue weighted by molar-refractivity contribution is 0.482. The Balaban J connectivity index is 1.88. The lowest BCUT2D eigenvalue weighted by Crippen LogP contribution is -2.33. The Morgan fingerprint density at radius 2 is 1.89 bits per heavy atom. The number of hydrogen-bond donors (Lipinski definition) is 2. The highest BCUT2D eigenvalue weighted by Gasteiger charge is 2.31. The predicted octanol–water partition coefficient (Wildman–Crippen LogP) is 1.93. The van der Waals surface area contributed by atoms with Crippen LogP contribution in [0.25, 0.3) is 0 Å². The van der Waals surface area contributed by atoms with Crippen molar-refractivity contribution in [1.82, 2.24) is 10.0 Å². The Hall–Kier alpha value is -0.620. The average Bonchev–Trinajstić information content (AvgIpc) is 3.14. The fraction of sp³-hybridized carbons (Fsp3) is 0.538. The van der Waals surface area contributed by atoms with E-state index in [1.807, 2.05) is 24.3 Å². The number of benzene rings is 1. The van der Waals surface area contributed by atoms with E-state index in [9.17, 15) is 8.42 Å². The molecule has 1 unspecified atom stereocenters. The van der Waals surface area contributed by atoms with Gasteiger partial charge in [-0.05, 0) is 36.5 Å². The first kappa shape index (κ1) is 14.8. The summed E-state index contributed by atoms with van der Waals surface area (Å²) in [4.78, 5) is 0. The summed E-state index contributed by atoms with van der Waals surface area (Å²) >= 11 is 5.89. The van der Waals surface area contributed by atoms with Crippen LogP contribution in [-0.4, -0.2) is 27.8 Å². The fourth-order valence-electron chi connectivity index (χ4n) is 2.12. The topological polar surface area (TPSA) is 58.2 Å². The van der Waals surface area contributed by atoms with Gasteiger partial charge in [-0.3, -0.25) is 0 Å². The Morgan fingerprint density at radius 3 is 2.42 bits per heavy atom. The third kappa shape index (κ3) is 5.10. The minimum Gasteiger partial charge on any atom is -0.308 e. The molecule has 19 heavy (non-hydrogen) atoms. The van der Waals surface area contributed by atoms with Crippen molar-refractivity contribution in [2.45, 2.75) is 18.9 Å². The number of halogens is 1. The minimum absolute atomic E-state index is 0.290. The second-order valence-electron chi connectivity index (χ2n) is 4.99. The Bertz CT molecular complexity index is 512. The van der Waals surface area contributed by atoms with E-state index in [4.69, 9.17) is 11.6 Å². The van der Waals surface area contributed by atoms with Crippen LogP contribution >= 0.6 is 11.6 Å². The van der Waals surface area contributed by atoms with Crippen LogP contribution in [0.4, 0.5) is 0 Å². The monoisotopic (exact) mass is 302 g/mol. The standard InChI is InChI=1S/C13H19ClN2O2S/c1-19(17,18)16-9-8-15-13(10-2-3-10)11-4-6-12(14)7-5-11/h4-7,10,13,15-16H,2-3,8-9H2,1H3. The van der Waals surface area contributed by atoms with Crippen molar-refractivity contribution in [3.8, 4) is 0 Å². The zero-order chi connectivity index (χ0) is 13.9. The molecule has 6 heteroatoms. The van der Waals surface area contributed by atoms with Crippen LogP contribution in [0.3, 0.4) is 0 Å². The summed E-state index contributed by atoms with van der Waals surface area (Å²) in [5.74, 6) is 0.652. The molecule has 106 valence electrons. The molecule has 2 rings (SSSR count). The summed E-state index contributed by atoms with van der Waals surface area (Å²) in [6.45, 7) is 1.03. The van der Waals surface area contributed by atoms with Crippen LogP contribution in [0, 0.1) is 5.92 Å². The molecule has 1 saturated carbocycles. The molecular weight excluding hydrogens is 284 g/mol. The van der Waals surface area contributed by atoms with E-state index < -0.39 is 10.0 Å². The average molecular weight is 303 g/mol. The van der Waals surface area contributed by atoms with E-state index >= 15 is 0 Å². The molecule has 2 N–H and O–H groups in total. The highest BCUT2D eigenvalue weighted by molar-refractivity contribution is 7.88. The smallest absolute Gasteiger partial charge is 0.208 e. The first-order chi connectivity index (χ1) is 8.96. The fourth-order valence-corrected chi connectivity index (χ4v) is 2.72. The molecule has 0 saturated heterocycles. The zero-order valence-electron chi connectivity index (χ0n) is 10.9. The van der Waals surface area contributed by atoms with Gasteiger partial charge < -0.3 is 5.32 Å². The zero-order valence-corrected chi connectivity index (χ0v) is 12.5. The van der Waals surface area contributed by atoms with Crippen LogP contribution in [0.5, 0.6) is 0 Å². The molecule has 1 aliphatic carbocycles. The van der Waals surface area contributed by atoms with E-state index in [-0.39, 0.29) is 0 Å². The third-order valence-electron chi connectivity index (χ3n) is 3.18. The largest absolute Gasteiger partial charge is 0.308 e. The summed E-state index contributed by atoms with van der Waals surface area (Å²) in [7, 11) is -3.10. The quantitative estimate of drug-likeness (QED) is 0.757. The van der Waals surface area contributed by atoms with Crippen molar-refractivity contribution in [3.05, 3.63) is 34.9 Å². The second kappa shape index (κ2) is 6.22. The van der Waals surface area contributed by atoms with Gasteiger partial charge in [0.2, 0.25) is 10.0 Å². The number of rotatable bonds is 7. The summed E-state index contributed by atoms with van der Waals surface area (Å²) in [5.41, 5.74) is 1.21. The molecule has 0 heterocycles. The SMILES string of the molecule is CS(=O)(=O)NCCNC(c1ccc(Cl)cc1)C1CC1. The maximum atomic E-state index is 11.0. The van der Waals surface area contributed by atoms with Gasteiger partial charge in [-0.15, -0.1) is 0 Å². The van der Waals surface area contributed by atoms with E-state index in [0.29, 0.717) is 25.0 Å². The summed E-state index contributed by atoms with van der Waals surface area (Å²) in [6, 6.07) is 8.13. The van der Waals surface area contributed by atoms with Gasteiger partial charge in [0.1, 0.15) is 0 Å². The molecule has 0 bridgehead atoms. The van der Waals surface area contributed by atoms with Crippen LogP contribution in [0.2, 0.25) is 5.02 Å².